The first-order valence-electron chi connectivity index (χ1n) is 10.1. The van der Waals surface area contributed by atoms with E-state index in [1.807, 2.05) is 0 Å². The Bertz CT molecular complexity index is 935. The smallest absolute Gasteiger partial charge is 0.351 e. The highest BCUT2D eigenvalue weighted by molar-refractivity contribution is 7.22. The number of hydrogen-bond donors (Lipinski definition) is 1. The van der Waals surface area contributed by atoms with Gasteiger partial charge in [0.05, 0.1) is 4.70 Å². The predicted octanol–water partition coefficient (Wildman–Crippen LogP) is 3.95. The predicted molar refractivity (Wildman–Crippen MR) is 114 cm³/mol. The number of carbonyl (C=O) groups is 2. The number of carboxylic acid groups (broad SMARTS) is 1. The standard InChI is InChI=1S/C21H28N2O5S/c1-22-11-7-9-14(22)8-5-3-4-6-10-18(24)23(2)19-13-16-17(29-19)12-15(20(25)26)21(27)28-16/h12-14H,3-11H2,1-2H3,(H,25,26). The van der Waals surface area contributed by atoms with E-state index < -0.39 is 17.2 Å². The van der Waals surface area contributed by atoms with Crippen molar-refractivity contribution in [1.29, 1.82) is 0 Å². The number of amides is 1. The van der Waals surface area contributed by atoms with Crippen LogP contribution in [0.15, 0.2) is 21.3 Å². The Kier molecular flexibility index (Phi) is 7.08. The van der Waals surface area contributed by atoms with E-state index in [-0.39, 0.29) is 5.91 Å². The van der Waals surface area contributed by atoms with Gasteiger partial charge >= 0.3 is 11.6 Å². The third-order valence-corrected chi connectivity index (χ3v) is 6.83. The van der Waals surface area contributed by atoms with E-state index in [0.29, 0.717) is 21.7 Å². The fourth-order valence-corrected chi connectivity index (χ4v) is 4.87. The number of fused-ring (bicyclic) bond motifs is 1. The lowest BCUT2D eigenvalue weighted by atomic mass is 10.0. The number of likely N-dealkylation sites (tertiary alicyclic amines) is 1. The molecule has 2 aromatic heterocycles. The van der Waals surface area contributed by atoms with Crippen molar-refractivity contribution in [3.63, 3.8) is 0 Å². The van der Waals surface area contributed by atoms with Crippen molar-refractivity contribution in [1.82, 2.24) is 4.90 Å². The Balaban J connectivity index is 1.47. The highest BCUT2D eigenvalue weighted by Crippen LogP contribution is 2.32. The number of aromatic carboxylic acids is 1. The first-order chi connectivity index (χ1) is 13.9. The van der Waals surface area contributed by atoms with Crippen molar-refractivity contribution in [3.8, 4) is 0 Å². The van der Waals surface area contributed by atoms with Crippen LogP contribution in [0.5, 0.6) is 0 Å². The first kappa shape index (κ1) is 21.5. The molecule has 0 bridgehead atoms. The van der Waals surface area contributed by atoms with Crippen molar-refractivity contribution in [2.45, 2.75) is 57.4 Å². The van der Waals surface area contributed by atoms with Gasteiger partial charge in [-0.25, -0.2) is 9.59 Å². The third-order valence-electron chi connectivity index (χ3n) is 5.69. The molecule has 0 aliphatic carbocycles. The lowest BCUT2D eigenvalue weighted by molar-refractivity contribution is -0.118. The van der Waals surface area contributed by atoms with Gasteiger partial charge in [0.1, 0.15) is 10.6 Å². The van der Waals surface area contributed by atoms with Gasteiger partial charge in [0.15, 0.2) is 5.58 Å². The number of nitrogens with zero attached hydrogens (tertiary/aromatic N) is 2. The molecule has 29 heavy (non-hydrogen) atoms. The summed E-state index contributed by atoms with van der Waals surface area (Å²) in [4.78, 5) is 39.3. The van der Waals surface area contributed by atoms with Crippen LogP contribution in [0.25, 0.3) is 10.3 Å². The number of rotatable bonds is 9. The molecule has 3 heterocycles. The fraction of sp³-hybridized carbons (Fsp3) is 0.571. The molecular formula is C21H28N2O5S. The summed E-state index contributed by atoms with van der Waals surface area (Å²) in [6.07, 6.45) is 8.58. The average Bonchev–Trinajstić information content (AvgIpc) is 3.28. The highest BCUT2D eigenvalue weighted by Gasteiger charge is 2.20. The van der Waals surface area contributed by atoms with E-state index in [1.54, 1.807) is 18.0 Å². The number of anilines is 1. The number of thiophene rings is 1. The maximum atomic E-state index is 12.5. The summed E-state index contributed by atoms with van der Waals surface area (Å²) in [7, 11) is 3.90. The molecule has 0 spiro atoms. The molecule has 1 amide bonds. The number of carboxylic acids is 1. The first-order valence-corrected chi connectivity index (χ1v) is 11.0. The molecule has 8 heteroatoms. The molecule has 1 N–H and O–H groups in total. The number of hydrogen-bond acceptors (Lipinski definition) is 6. The van der Waals surface area contributed by atoms with Crippen molar-refractivity contribution >= 4 is 38.5 Å². The Morgan fingerprint density at radius 1 is 1.28 bits per heavy atom. The van der Waals surface area contributed by atoms with Crippen molar-refractivity contribution in [2.75, 3.05) is 25.5 Å². The zero-order valence-electron chi connectivity index (χ0n) is 17.0. The van der Waals surface area contributed by atoms with Crippen LogP contribution in [0.3, 0.4) is 0 Å². The molecule has 1 aliphatic heterocycles. The average molecular weight is 421 g/mol. The maximum Gasteiger partial charge on any atom is 0.351 e. The van der Waals surface area contributed by atoms with Crippen molar-refractivity contribution in [3.05, 3.63) is 28.1 Å². The number of carbonyl (C=O) groups excluding carboxylic acids is 1. The van der Waals surface area contributed by atoms with Gasteiger partial charge in [-0.05, 0) is 45.3 Å². The van der Waals surface area contributed by atoms with Crippen LogP contribution < -0.4 is 10.5 Å². The Morgan fingerprint density at radius 3 is 2.72 bits per heavy atom. The normalized spacial score (nSPS) is 17.1. The summed E-state index contributed by atoms with van der Waals surface area (Å²) >= 11 is 1.24. The largest absolute Gasteiger partial charge is 0.477 e. The second-order valence-electron chi connectivity index (χ2n) is 7.75. The van der Waals surface area contributed by atoms with Gasteiger partial charge in [-0.15, -0.1) is 11.3 Å². The maximum absolute atomic E-state index is 12.5. The Hall–Kier alpha value is -2.19. The van der Waals surface area contributed by atoms with Crippen LogP contribution in [-0.2, 0) is 4.79 Å². The van der Waals surface area contributed by atoms with E-state index in [1.165, 1.54) is 49.6 Å². The van der Waals surface area contributed by atoms with Crippen molar-refractivity contribution < 1.29 is 19.1 Å². The molecule has 1 saturated heterocycles. The summed E-state index contributed by atoms with van der Waals surface area (Å²) < 4.78 is 5.61. The van der Waals surface area contributed by atoms with Crippen molar-refractivity contribution in [2.24, 2.45) is 0 Å². The lowest BCUT2D eigenvalue weighted by Gasteiger charge is -2.19. The van der Waals surface area contributed by atoms with Gasteiger partial charge in [-0.3, -0.25) is 4.79 Å². The molecule has 158 valence electrons. The molecule has 1 fully saturated rings. The molecule has 0 aromatic carbocycles. The van der Waals surface area contributed by atoms with E-state index >= 15 is 0 Å². The second-order valence-corrected chi connectivity index (χ2v) is 8.81. The molecule has 0 radical (unpaired) electrons. The van der Waals surface area contributed by atoms with Gasteiger partial charge in [-0.2, -0.15) is 0 Å². The molecule has 2 aromatic rings. The molecule has 3 rings (SSSR count). The minimum Gasteiger partial charge on any atom is -0.477 e. The monoisotopic (exact) mass is 420 g/mol. The van der Waals surface area contributed by atoms with E-state index in [2.05, 4.69) is 11.9 Å². The van der Waals surface area contributed by atoms with Crippen LogP contribution in [0, 0.1) is 0 Å². The fourth-order valence-electron chi connectivity index (χ4n) is 3.86. The van der Waals surface area contributed by atoms with Crippen LogP contribution in [0.4, 0.5) is 5.00 Å². The molecule has 1 aliphatic rings. The van der Waals surface area contributed by atoms with E-state index in [9.17, 15) is 14.4 Å². The Morgan fingerprint density at radius 2 is 2.03 bits per heavy atom. The van der Waals surface area contributed by atoms with Crippen LogP contribution >= 0.6 is 11.3 Å². The Labute approximate surface area is 173 Å². The second kappa shape index (κ2) is 9.54. The minimum absolute atomic E-state index is 0.00730. The zero-order valence-corrected chi connectivity index (χ0v) is 17.8. The van der Waals surface area contributed by atoms with Gasteiger partial charge in [0, 0.05) is 25.6 Å². The summed E-state index contributed by atoms with van der Waals surface area (Å²) in [6.45, 7) is 1.21. The molecule has 0 saturated carbocycles. The van der Waals surface area contributed by atoms with Crippen LogP contribution in [0.2, 0.25) is 0 Å². The third kappa shape index (κ3) is 5.25. The van der Waals surface area contributed by atoms with Gasteiger partial charge in [0.2, 0.25) is 5.91 Å². The summed E-state index contributed by atoms with van der Waals surface area (Å²) in [5.41, 5.74) is -0.979. The quantitative estimate of drug-likeness (QED) is 0.618. The summed E-state index contributed by atoms with van der Waals surface area (Å²) in [6, 6.07) is 3.65. The van der Waals surface area contributed by atoms with Gasteiger partial charge < -0.3 is 19.3 Å². The minimum atomic E-state index is -1.32. The van der Waals surface area contributed by atoms with Crippen LogP contribution in [-0.4, -0.2) is 48.6 Å². The SMILES string of the molecule is CN(C(=O)CCCCCCC1CCCN1C)c1cc2oc(=O)c(C(=O)O)cc2s1. The number of unbranched alkanes of at least 4 members (excludes halogenated alkanes) is 3. The van der Waals surface area contributed by atoms with E-state index in [4.69, 9.17) is 9.52 Å². The van der Waals surface area contributed by atoms with E-state index in [0.717, 1.165) is 25.3 Å². The van der Waals surface area contributed by atoms with Crippen LogP contribution in [0.1, 0.15) is 61.7 Å². The van der Waals surface area contributed by atoms with Gasteiger partial charge in [-0.1, -0.05) is 19.3 Å². The van der Waals surface area contributed by atoms with Gasteiger partial charge in [0.25, 0.3) is 0 Å². The molecule has 1 unspecified atom stereocenters. The topological polar surface area (TPSA) is 91.1 Å². The summed E-state index contributed by atoms with van der Waals surface area (Å²) in [5, 5.41) is 9.68. The molecule has 1 atom stereocenters. The summed E-state index contributed by atoms with van der Waals surface area (Å²) in [5.74, 6) is -1.31. The zero-order chi connectivity index (χ0) is 21.0. The highest BCUT2D eigenvalue weighted by atomic mass is 32.1. The lowest BCUT2D eigenvalue weighted by Crippen LogP contribution is -2.25. The molecule has 7 nitrogen and oxygen atoms in total. The molecular weight excluding hydrogens is 392 g/mol.